The van der Waals surface area contributed by atoms with Crippen molar-refractivity contribution in [1.29, 1.82) is 0 Å². The average Bonchev–Trinajstić information content (AvgIpc) is 2.57. The Labute approximate surface area is 141 Å². The molecule has 1 aromatic heterocycles. The summed E-state index contributed by atoms with van der Waals surface area (Å²) in [5.41, 5.74) is 1.91. The van der Waals surface area contributed by atoms with E-state index in [1.807, 2.05) is 43.0 Å². The molecule has 1 unspecified atom stereocenters. The highest BCUT2D eigenvalue weighted by Crippen LogP contribution is 2.15. The molecular formula is C18H25N3O3. The fraction of sp³-hybridized carbons (Fsp3) is 0.444. The monoisotopic (exact) mass is 331 g/mol. The molecule has 0 spiro atoms. The Morgan fingerprint density at radius 3 is 2.38 bits per heavy atom. The van der Waals surface area contributed by atoms with Gasteiger partial charge < -0.3 is 9.67 Å². The molecule has 0 saturated heterocycles. The lowest BCUT2D eigenvalue weighted by Gasteiger charge is -2.24. The van der Waals surface area contributed by atoms with Crippen LogP contribution in [-0.2, 0) is 20.6 Å². The molecule has 0 radical (unpaired) electrons. The minimum atomic E-state index is -0.623. The quantitative estimate of drug-likeness (QED) is 0.856. The maximum Gasteiger partial charge on any atom is 0.330 e. The number of likely N-dealkylation sites (N-methyl/N-ethyl adjacent to an activating group) is 1. The van der Waals surface area contributed by atoms with E-state index in [1.54, 1.807) is 13.2 Å². The fourth-order valence-electron chi connectivity index (χ4n) is 2.68. The molecule has 2 aromatic rings. The van der Waals surface area contributed by atoms with Crippen molar-refractivity contribution in [2.45, 2.75) is 26.5 Å². The van der Waals surface area contributed by atoms with Crippen LogP contribution < -0.4 is 11.2 Å². The number of rotatable bonds is 6. The predicted octanol–water partition coefficient (Wildman–Crippen LogP) is 0.948. The summed E-state index contributed by atoms with van der Waals surface area (Å²) in [6, 6.07) is 7.77. The molecule has 1 N–H and O–H groups in total. The molecule has 1 atom stereocenters. The van der Waals surface area contributed by atoms with E-state index in [9.17, 15) is 14.7 Å². The number of aliphatic hydroxyl groups excluding tert-OH is 1. The molecule has 0 aliphatic carbocycles. The highest BCUT2D eigenvalue weighted by molar-refractivity contribution is 5.23. The molecule has 0 bridgehead atoms. The first-order valence-corrected chi connectivity index (χ1v) is 8.06. The van der Waals surface area contributed by atoms with Crippen molar-refractivity contribution in [1.82, 2.24) is 14.0 Å². The van der Waals surface area contributed by atoms with Gasteiger partial charge in [-0.3, -0.25) is 14.3 Å². The van der Waals surface area contributed by atoms with Crippen molar-refractivity contribution in [3.05, 3.63) is 68.0 Å². The lowest BCUT2D eigenvalue weighted by atomic mass is 10.1. The molecule has 0 saturated carbocycles. The van der Waals surface area contributed by atoms with Gasteiger partial charge in [0.1, 0.15) is 0 Å². The molecule has 0 aliphatic rings. The second-order valence-electron chi connectivity index (χ2n) is 6.17. The molecule has 6 nitrogen and oxygen atoms in total. The molecule has 6 heteroatoms. The molecule has 130 valence electrons. The lowest BCUT2D eigenvalue weighted by Crippen LogP contribution is -2.40. The van der Waals surface area contributed by atoms with Crippen LogP contribution in [0, 0.1) is 6.92 Å². The number of aromatic nitrogens is 2. The highest BCUT2D eigenvalue weighted by Gasteiger charge is 2.15. The molecule has 0 amide bonds. The van der Waals surface area contributed by atoms with Gasteiger partial charge in [0.15, 0.2) is 0 Å². The van der Waals surface area contributed by atoms with E-state index in [0.717, 1.165) is 15.7 Å². The normalized spacial score (nSPS) is 12.6. The SMILES string of the molecule is CCN(Cc1cn(C)c(=O)n(C)c1=O)CC(O)c1ccc(C)cc1. The highest BCUT2D eigenvalue weighted by atomic mass is 16.3. The van der Waals surface area contributed by atoms with Gasteiger partial charge in [0, 0.05) is 38.9 Å². The number of nitrogens with zero attached hydrogens (tertiary/aromatic N) is 3. The maximum absolute atomic E-state index is 12.2. The van der Waals surface area contributed by atoms with Gasteiger partial charge in [-0.05, 0) is 19.0 Å². The van der Waals surface area contributed by atoms with E-state index in [4.69, 9.17) is 0 Å². The smallest absolute Gasteiger partial charge is 0.330 e. The topological polar surface area (TPSA) is 67.5 Å². The Morgan fingerprint density at radius 1 is 1.17 bits per heavy atom. The van der Waals surface area contributed by atoms with Gasteiger partial charge in [-0.15, -0.1) is 0 Å². The van der Waals surface area contributed by atoms with Crippen molar-refractivity contribution >= 4 is 0 Å². The molecule has 2 rings (SSSR count). The number of hydrogen-bond donors (Lipinski definition) is 1. The fourth-order valence-corrected chi connectivity index (χ4v) is 2.68. The molecule has 0 aliphatic heterocycles. The van der Waals surface area contributed by atoms with E-state index >= 15 is 0 Å². The second-order valence-corrected chi connectivity index (χ2v) is 6.17. The van der Waals surface area contributed by atoms with Crippen LogP contribution >= 0.6 is 0 Å². The Morgan fingerprint density at radius 2 is 1.79 bits per heavy atom. The van der Waals surface area contributed by atoms with Gasteiger partial charge in [0.2, 0.25) is 0 Å². The summed E-state index contributed by atoms with van der Waals surface area (Å²) in [7, 11) is 3.11. The van der Waals surface area contributed by atoms with Gasteiger partial charge >= 0.3 is 5.69 Å². The second kappa shape index (κ2) is 7.59. The molecule has 0 fully saturated rings. The number of aliphatic hydroxyl groups is 1. The van der Waals surface area contributed by atoms with Crippen LogP contribution in [0.15, 0.2) is 40.1 Å². The van der Waals surface area contributed by atoms with E-state index in [0.29, 0.717) is 25.2 Å². The van der Waals surface area contributed by atoms with Crippen LogP contribution in [0.25, 0.3) is 0 Å². The van der Waals surface area contributed by atoms with Crippen LogP contribution in [0.3, 0.4) is 0 Å². The van der Waals surface area contributed by atoms with Crippen LogP contribution in [0.2, 0.25) is 0 Å². The third-order valence-electron chi connectivity index (χ3n) is 4.25. The molecular weight excluding hydrogens is 306 g/mol. The Hall–Kier alpha value is -2.18. The summed E-state index contributed by atoms with van der Waals surface area (Å²) >= 11 is 0. The van der Waals surface area contributed by atoms with Crippen molar-refractivity contribution in [3.8, 4) is 0 Å². The molecule has 1 aromatic carbocycles. The van der Waals surface area contributed by atoms with E-state index < -0.39 is 6.10 Å². The number of aryl methyl sites for hydroxylation is 2. The van der Waals surface area contributed by atoms with Gasteiger partial charge in [0.05, 0.1) is 6.10 Å². The van der Waals surface area contributed by atoms with Crippen molar-refractivity contribution in [2.75, 3.05) is 13.1 Å². The van der Waals surface area contributed by atoms with E-state index in [2.05, 4.69) is 0 Å². The third-order valence-corrected chi connectivity index (χ3v) is 4.25. The lowest BCUT2D eigenvalue weighted by molar-refractivity contribution is 0.112. The van der Waals surface area contributed by atoms with Crippen molar-refractivity contribution < 1.29 is 5.11 Å². The average molecular weight is 331 g/mol. The minimum absolute atomic E-state index is 0.290. The summed E-state index contributed by atoms with van der Waals surface area (Å²) in [5.74, 6) is 0. The summed E-state index contributed by atoms with van der Waals surface area (Å²) in [6.45, 7) is 5.49. The zero-order chi connectivity index (χ0) is 17.9. The maximum atomic E-state index is 12.2. The van der Waals surface area contributed by atoms with Crippen LogP contribution in [0.1, 0.15) is 29.7 Å². The minimum Gasteiger partial charge on any atom is -0.387 e. The van der Waals surface area contributed by atoms with Crippen LogP contribution in [-0.4, -0.2) is 32.2 Å². The van der Waals surface area contributed by atoms with Gasteiger partial charge in [-0.2, -0.15) is 0 Å². The summed E-state index contributed by atoms with van der Waals surface area (Å²) < 4.78 is 2.51. The van der Waals surface area contributed by atoms with Gasteiger partial charge in [-0.1, -0.05) is 36.8 Å². The molecule has 1 heterocycles. The zero-order valence-corrected chi connectivity index (χ0v) is 14.7. The zero-order valence-electron chi connectivity index (χ0n) is 14.7. The predicted molar refractivity (Wildman–Crippen MR) is 94.0 cm³/mol. The van der Waals surface area contributed by atoms with Crippen molar-refractivity contribution in [3.63, 3.8) is 0 Å². The first-order chi connectivity index (χ1) is 11.3. The first-order valence-electron chi connectivity index (χ1n) is 8.06. The van der Waals surface area contributed by atoms with E-state index in [-0.39, 0.29) is 11.2 Å². The van der Waals surface area contributed by atoms with Gasteiger partial charge in [0.25, 0.3) is 5.56 Å². The standard InChI is InChI=1S/C18H25N3O3/c1-5-21(12-16(22)14-8-6-13(2)7-9-14)11-15-10-19(3)18(24)20(4)17(15)23/h6-10,16,22H,5,11-12H2,1-4H3. The summed E-state index contributed by atoms with van der Waals surface area (Å²) in [4.78, 5) is 26.0. The van der Waals surface area contributed by atoms with Gasteiger partial charge in [-0.25, -0.2) is 4.79 Å². The summed E-state index contributed by atoms with van der Waals surface area (Å²) in [5, 5.41) is 10.4. The van der Waals surface area contributed by atoms with Crippen LogP contribution in [0.4, 0.5) is 0 Å². The third kappa shape index (κ3) is 4.01. The Bertz CT molecular complexity index is 806. The number of benzene rings is 1. The van der Waals surface area contributed by atoms with Crippen molar-refractivity contribution in [2.24, 2.45) is 14.1 Å². The Balaban J connectivity index is 2.17. The largest absolute Gasteiger partial charge is 0.387 e. The molecule has 24 heavy (non-hydrogen) atoms. The van der Waals surface area contributed by atoms with E-state index in [1.165, 1.54) is 11.6 Å². The summed E-state index contributed by atoms with van der Waals surface area (Å²) in [6.07, 6.45) is 0.952. The van der Waals surface area contributed by atoms with Crippen LogP contribution in [0.5, 0.6) is 0 Å². The Kier molecular flexibility index (Phi) is 5.75. The number of hydrogen-bond acceptors (Lipinski definition) is 4. The first kappa shape index (κ1) is 18.2.